The molecule has 2 atom stereocenters. The zero-order valence-electron chi connectivity index (χ0n) is 19.1. The Balaban J connectivity index is 1.46. The van der Waals surface area contributed by atoms with Crippen LogP contribution in [-0.2, 0) is 9.53 Å². The van der Waals surface area contributed by atoms with E-state index in [0.717, 1.165) is 18.4 Å². The van der Waals surface area contributed by atoms with Crippen LogP contribution in [0, 0.1) is 11.9 Å². The molecule has 2 amide bonds. The van der Waals surface area contributed by atoms with Crippen LogP contribution in [0.3, 0.4) is 0 Å². The number of ether oxygens (including phenoxy) is 1. The summed E-state index contributed by atoms with van der Waals surface area (Å²) < 4.78 is 24.6. The third kappa shape index (κ3) is 5.16. The summed E-state index contributed by atoms with van der Waals surface area (Å²) in [5.74, 6) is -2.85. The molecule has 9 nitrogen and oxygen atoms in total. The summed E-state index contributed by atoms with van der Waals surface area (Å²) in [6.45, 7) is 3.17. The van der Waals surface area contributed by atoms with Crippen molar-refractivity contribution in [1.82, 2.24) is 10.5 Å². The zero-order valence-corrected chi connectivity index (χ0v) is 19.1. The van der Waals surface area contributed by atoms with Gasteiger partial charge in [0.25, 0.3) is 11.9 Å². The van der Waals surface area contributed by atoms with Gasteiger partial charge in [-0.15, -0.1) is 0 Å². The lowest BCUT2D eigenvalue weighted by Gasteiger charge is -2.26. The molecular formula is C25H24FN3O6. The van der Waals surface area contributed by atoms with Gasteiger partial charge in [0.1, 0.15) is 17.3 Å². The second-order valence-electron chi connectivity index (χ2n) is 8.57. The largest absolute Gasteiger partial charge is 0.480 e. The smallest absolute Gasteiger partial charge is 0.412 e. The number of halogens is 1. The van der Waals surface area contributed by atoms with E-state index < -0.39 is 35.6 Å². The number of hydrogen-bond acceptors (Lipinski definition) is 6. The number of hydrogen-bond donors (Lipinski definition) is 3. The molecule has 0 aliphatic heterocycles. The Labute approximate surface area is 200 Å². The van der Waals surface area contributed by atoms with E-state index in [2.05, 4.69) is 15.8 Å². The van der Waals surface area contributed by atoms with Crippen molar-refractivity contribution < 1.29 is 33.1 Å². The Kier molecular flexibility index (Phi) is 6.54. The minimum Gasteiger partial charge on any atom is -0.480 e. The van der Waals surface area contributed by atoms with Crippen LogP contribution in [0.2, 0.25) is 0 Å². The summed E-state index contributed by atoms with van der Waals surface area (Å²) in [5, 5.41) is 17.7. The molecule has 3 N–H and O–H groups in total. The van der Waals surface area contributed by atoms with Crippen molar-refractivity contribution >= 4 is 23.7 Å². The number of aromatic nitrogens is 1. The van der Waals surface area contributed by atoms with Gasteiger partial charge in [-0.25, -0.2) is 9.59 Å². The Morgan fingerprint density at radius 3 is 2.40 bits per heavy atom. The van der Waals surface area contributed by atoms with Gasteiger partial charge in [-0.1, -0.05) is 42.5 Å². The number of nitrogens with zero attached hydrogens (tertiary/aromatic N) is 1. The Morgan fingerprint density at radius 2 is 1.80 bits per heavy atom. The fraction of sp³-hybridized carbons (Fsp3) is 0.280. The standard InChI is InChI=1S/C25H24FN3O6/c1-14(15-6-4-3-5-7-15)34-24(33)27-19-20(35-29-21(19)26)16-8-10-17(11-9-16)22(30)28-25(2,23(31)32)18-12-13-18/h3-11,14,18H,12-13H2,1-2H3,(H,27,33)(H,28,30)(H,31,32). The number of nitrogens with one attached hydrogen (secondary N) is 2. The zero-order chi connectivity index (χ0) is 25.2. The van der Waals surface area contributed by atoms with E-state index in [0.29, 0.717) is 5.56 Å². The van der Waals surface area contributed by atoms with Crippen molar-refractivity contribution in [3.63, 3.8) is 0 Å². The van der Waals surface area contributed by atoms with Crippen molar-refractivity contribution in [2.24, 2.45) is 5.92 Å². The maximum atomic E-state index is 14.3. The molecule has 1 aromatic heterocycles. The topological polar surface area (TPSA) is 131 Å². The summed E-state index contributed by atoms with van der Waals surface area (Å²) in [6.07, 6.45) is 0.00394. The lowest BCUT2D eigenvalue weighted by Crippen LogP contribution is -2.54. The van der Waals surface area contributed by atoms with Crippen LogP contribution >= 0.6 is 0 Å². The summed E-state index contributed by atoms with van der Waals surface area (Å²) in [4.78, 5) is 36.7. The van der Waals surface area contributed by atoms with Crippen molar-refractivity contribution in [1.29, 1.82) is 0 Å². The average Bonchev–Trinajstić information content (AvgIpc) is 3.64. The fourth-order valence-electron chi connectivity index (χ4n) is 3.73. The summed E-state index contributed by atoms with van der Waals surface area (Å²) >= 11 is 0. The lowest BCUT2D eigenvalue weighted by atomic mass is 9.95. The third-order valence-corrected chi connectivity index (χ3v) is 6.05. The van der Waals surface area contributed by atoms with E-state index in [9.17, 15) is 23.9 Å². The summed E-state index contributed by atoms with van der Waals surface area (Å²) in [5.41, 5.74) is -0.333. The van der Waals surface area contributed by atoms with Crippen molar-refractivity contribution in [3.05, 3.63) is 71.7 Å². The van der Waals surface area contributed by atoms with E-state index in [1.807, 2.05) is 18.2 Å². The molecule has 1 aliphatic rings. The predicted octanol–water partition coefficient (Wildman–Crippen LogP) is 4.77. The van der Waals surface area contributed by atoms with Gasteiger partial charge in [0, 0.05) is 11.1 Å². The maximum Gasteiger partial charge on any atom is 0.412 e. The van der Waals surface area contributed by atoms with Crippen LogP contribution in [0.5, 0.6) is 0 Å². The van der Waals surface area contributed by atoms with E-state index in [-0.39, 0.29) is 22.9 Å². The highest BCUT2D eigenvalue weighted by Crippen LogP contribution is 2.40. The number of rotatable bonds is 8. The van der Waals surface area contributed by atoms with Crippen molar-refractivity contribution in [2.45, 2.75) is 38.3 Å². The van der Waals surface area contributed by atoms with Crippen molar-refractivity contribution in [3.8, 4) is 11.3 Å². The fourth-order valence-corrected chi connectivity index (χ4v) is 3.73. The number of anilines is 1. The van der Waals surface area contributed by atoms with Crippen LogP contribution < -0.4 is 10.6 Å². The van der Waals surface area contributed by atoms with E-state index in [1.54, 1.807) is 19.1 Å². The molecular weight excluding hydrogens is 457 g/mol. The molecule has 0 bridgehead atoms. The highest BCUT2D eigenvalue weighted by Gasteiger charge is 2.48. The second-order valence-corrected chi connectivity index (χ2v) is 8.57. The number of carbonyl (C=O) groups excluding carboxylic acids is 2. The van der Waals surface area contributed by atoms with Crippen molar-refractivity contribution in [2.75, 3.05) is 5.32 Å². The average molecular weight is 481 g/mol. The molecule has 0 radical (unpaired) electrons. The maximum absolute atomic E-state index is 14.3. The number of carboxylic acids is 1. The van der Waals surface area contributed by atoms with Gasteiger partial charge in [-0.2, -0.15) is 4.39 Å². The normalized spacial score (nSPS) is 15.5. The second kappa shape index (κ2) is 9.57. The Bertz CT molecular complexity index is 1240. The monoisotopic (exact) mass is 481 g/mol. The highest BCUT2D eigenvalue weighted by molar-refractivity contribution is 5.98. The molecule has 1 aliphatic carbocycles. The number of benzene rings is 2. The van der Waals surface area contributed by atoms with Crippen LogP contribution in [-0.4, -0.2) is 33.8 Å². The molecule has 2 unspecified atom stereocenters. The number of aliphatic carboxylic acids is 1. The number of amides is 2. The number of carboxylic acid groups (broad SMARTS) is 1. The molecule has 1 saturated carbocycles. The first-order valence-electron chi connectivity index (χ1n) is 11.0. The molecule has 1 fully saturated rings. The molecule has 35 heavy (non-hydrogen) atoms. The van der Waals surface area contributed by atoms with Gasteiger partial charge in [0.15, 0.2) is 5.76 Å². The number of carbonyl (C=O) groups is 3. The van der Waals surface area contributed by atoms with E-state index in [1.165, 1.54) is 31.2 Å². The summed E-state index contributed by atoms with van der Waals surface area (Å²) in [6, 6.07) is 14.9. The lowest BCUT2D eigenvalue weighted by molar-refractivity contribution is -0.144. The van der Waals surface area contributed by atoms with E-state index >= 15 is 0 Å². The molecule has 10 heteroatoms. The quantitative estimate of drug-likeness (QED) is 0.422. The minimum absolute atomic E-state index is 0.0628. The Hall–Kier alpha value is -4.21. The first kappa shape index (κ1) is 23.9. The van der Waals surface area contributed by atoms with E-state index in [4.69, 9.17) is 9.26 Å². The van der Waals surface area contributed by atoms with Crippen LogP contribution in [0.1, 0.15) is 48.7 Å². The van der Waals surface area contributed by atoms with Gasteiger partial charge in [-0.3, -0.25) is 10.1 Å². The first-order chi connectivity index (χ1) is 16.7. The van der Waals surface area contributed by atoms with Gasteiger partial charge in [0.2, 0.25) is 0 Å². The summed E-state index contributed by atoms with van der Waals surface area (Å²) in [7, 11) is 0. The third-order valence-electron chi connectivity index (χ3n) is 6.05. The molecule has 1 heterocycles. The molecule has 182 valence electrons. The van der Waals surface area contributed by atoms with Crippen LogP contribution in [0.25, 0.3) is 11.3 Å². The molecule has 0 saturated heterocycles. The predicted molar refractivity (Wildman–Crippen MR) is 123 cm³/mol. The van der Waals surface area contributed by atoms with Gasteiger partial charge in [0.05, 0.1) is 0 Å². The van der Waals surface area contributed by atoms with Crippen LogP contribution in [0.15, 0.2) is 59.1 Å². The minimum atomic E-state index is -1.35. The molecule has 2 aromatic carbocycles. The molecule has 0 spiro atoms. The van der Waals surface area contributed by atoms with Gasteiger partial charge < -0.3 is 19.7 Å². The highest BCUT2D eigenvalue weighted by atomic mass is 19.1. The SMILES string of the molecule is CC(OC(=O)Nc1c(F)noc1-c1ccc(C(=O)NC(C)(C(=O)O)C2CC2)cc1)c1ccccc1. The first-order valence-corrected chi connectivity index (χ1v) is 11.0. The van der Waals surface area contributed by atoms with Crippen LogP contribution in [0.4, 0.5) is 14.9 Å². The molecule has 3 aromatic rings. The van der Waals surface area contributed by atoms with Gasteiger partial charge in [-0.05, 0) is 55.5 Å². The molecule has 4 rings (SSSR count). The Morgan fingerprint density at radius 1 is 1.14 bits per heavy atom. The van der Waals surface area contributed by atoms with Gasteiger partial charge >= 0.3 is 12.1 Å².